The molecule has 5 rings (SSSR count). The summed E-state index contributed by atoms with van der Waals surface area (Å²) < 4.78 is 19.4. The number of rotatable bonds is 7. The van der Waals surface area contributed by atoms with Crippen LogP contribution in [0.5, 0.6) is 0 Å². The number of fused-ring (bicyclic) bond motifs is 1. The molecule has 1 aliphatic heterocycles. The summed E-state index contributed by atoms with van der Waals surface area (Å²) in [5, 5.41) is 18.5. The van der Waals surface area contributed by atoms with Gasteiger partial charge < -0.3 is 14.9 Å². The first-order chi connectivity index (χ1) is 16.6. The standard InChI is InChI=1S/C26H24FN5O2/c1-17-12-18(10-11-28-17)23(32-33-2)24-21-8-3-4-9-22(21)25(31-30-24)29-14-26(15-34-16-26)19-6-5-7-20(27)13-19/h3-13H,14-16H2,1-2H3,(H,29,31)/b32-23+. The Kier molecular flexibility index (Phi) is 5.90. The number of aromatic nitrogens is 3. The summed E-state index contributed by atoms with van der Waals surface area (Å²) in [5.74, 6) is 0.388. The van der Waals surface area contributed by atoms with Gasteiger partial charge in [0.15, 0.2) is 5.82 Å². The van der Waals surface area contributed by atoms with Gasteiger partial charge in [0, 0.05) is 34.8 Å². The van der Waals surface area contributed by atoms with Gasteiger partial charge in [-0.3, -0.25) is 4.98 Å². The molecule has 8 heteroatoms. The molecule has 3 heterocycles. The molecule has 0 unspecified atom stereocenters. The summed E-state index contributed by atoms with van der Waals surface area (Å²) in [7, 11) is 1.51. The maximum absolute atomic E-state index is 13.9. The Hall–Kier alpha value is -3.91. The number of nitrogens with zero attached hydrogens (tertiary/aromatic N) is 4. The van der Waals surface area contributed by atoms with Crippen LogP contribution < -0.4 is 5.32 Å². The summed E-state index contributed by atoms with van der Waals surface area (Å²) in [6.07, 6.45) is 1.73. The van der Waals surface area contributed by atoms with Crippen LogP contribution in [0, 0.1) is 12.7 Å². The van der Waals surface area contributed by atoms with Crippen molar-refractivity contribution in [2.24, 2.45) is 5.16 Å². The lowest BCUT2D eigenvalue weighted by atomic mass is 9.78. The van der Waals surface area contributed by atoms with Crippen LogP contribution in [0.15, 0.2) is 72.0 Å². The summed E-state index contributed by atoms with van der Waals surface area (Å²) in [5.41, 5.74) is 3.48. The quantitative estimate of drug-likeness (QED) is 0.330. The average molecular weight is 458 g/mol. The van der Waals surface area contributed by atoms with Crippen molar-refractivity contribution < 1.29 is 14.0 Å². The zero-order valence-corrected chi connectivity index (χ0v) is 19.0. The van der Waals surface area contributed by atoms with Crippen molar-refractivity contribution in [1.82, 2.24) is 15.2 Å². The zero-order chi connectivity index (χ0) is 23.5. The van der Waals surface area contributed by atoms with Gasteiger partial charge in [0.2, 0.25) is 0 Å². The minimum absolute atomic E-state index is 0.255. The van der Waals surface area contributed by atoms with Gasteiger partial charge in [0.05, 0.1) is 18.6 Å². The lowest BCUT2D eigenvalue weighted by molar-refractivity contribution is -0.0530. The Balaban J connectivity index is 1.51. The van der Waals surface area contributed by atoms with Gasteiger partial charge in [0.1, 0.15) is 24.3 Å². The minimum Gasteiger partial charge on any atom is -0.399 e. The molecule has 0 radical (unpaired) electrons. The maximum atomic E-state index is 13.9. The molecule has 1 aliphatic rings. The molecular weight excluding hydrogens is 433 g/mol. The highest BCUT2D eigenvalue weighted by Crippen LogP contribution is 2.34. The number of halogens is 1. The third-order valence-electron chi connectivity index (χ3n) is 6.05. The molecule has 0 bridgehead atoms. The van der Waals surface area contributed by atoms with E-state index >= 15 is 0 Å². The number of nitrogens with one attached hydrogen (secondary N) is 1. The largest absolute Gasteiger partial charge is 0.399 e. The molecule has 34 heavy (non-hydrogen) atoms. The highest BCUT2D eigenvalue weighted by Gasteiger charge is 2.40. The fourth-order valence-electron chi connectivity index (χ4n) is 4.22. The number of benzene rings is 2. The second-order valence-corrected chi connectivity index (χ2v) is 8.39. The van der Waals surface area contributed by atoms with Gasteiger partial charge in [0.25, 0.3) is 0 Å². The molecule has 0 atom stereocenters. The molecule has 0 aliphatic carbocycles. The molecule has 0 saturated carbocycles. The van der Waals surface area contributed by atoms with Gasteiger partial charge in [-0.25, -0.2) is 4.39 Å². The van der Waals surface area contributed by atoms with Gasteiger partial charge in [-0.2, -0.15) is 0 Å². The SMILES string of the molecule is CO/N=C(\c1ccnc(C)c1)c1nnc(NCC2(c3cccc(F)c3)COC2)c2ccccc12. The Morgan fingerprint density at radius 2 is 1.91 bits per heavy atom. The maximum Gasteiger partial charge on any atom is 0.156 e. The number of anilines is 1. The van der Waals surface area contributed by atoms with E-state index in [4.69, 9.17) is 9.57 Å². The van der Waals surface area contributed by atoms with Crippen molar-refractivity contribution in [3.63, 3.8) is 0 Å². The van der Waals surface area contributed by atoms with Gasteiger partial charge in [-0.15, -0.1) is 10.2 Å². The zero-order valence-electron chi connectivity index (χ0n) is 19.0. The third-order valence-corrected chi connectivity index (χ3v) is 6.05. The number of hydrogen-bond acceptors (Lipinski definition) is 7. The molecular formula is C26H24FN5O2. The van der Waals surface area contributed by atoms with Gasteiger partial charge in [-0.1, -0.05) is 41.6 Å². The van der Waals surface area contributed by atoms with Crippen LogP contribution in [-0.2, 0) is 15.0 Å². The molecule has 172 valence electrons. The van der Waals surface area contributed by atoms with Crippen molar-refractivity contribution >= 4 is 22.3 Å². The number of hydrogen-bond donors (Lipinski definition) is 1. The van der Waals surface area contributed by atoms with E-state index in [0.717, 1.165) is 27.6 Å². The van der Waals surface area contributed by atoms with Crippen molar-refractivity contribution in [3.8, 4) is 0 Å². The number of ether oxygens (including phenoxy) is 1. The Morgan fingerprint density at radius 1 is 1.09 bits per heavy atom. The van der Waals surface area contributed by atoms with Crippen LogP contribution in [0.1, 0.15) is 22.5 Å². The lowest BCUT2D eigenvalue weighted by Crippen LogP contribution is -2.51. The monoisotopic (exact) mass is 457 g/mol. The first-order valence-electron chi connectivity index (χ1n) is 11.0. The van der Waals surface area contributed by atoms with Crippen molar-refractivity contribution in [2.75, 3.05) is 32.2 Å². The van der Waals surface area contributed by atoms with E-state index in [0.29, 0.717) is 37.0 Å². The van der Waals surface area contributed by atoms with Crippen LogP contribution >= 0.6 is 0 Å². The Labute approximate surface area is 196 Å². The van der Waals surface area contributed by atoms with E-state index in [1.54, 1.807) is 18.3 Å². The van der Waals surface area contributed by atoms with E-state index in [1.807, 2.05) is 49.4 Å². The number of aryl methyl sites for hydroxylation is 1. The molecule has 1 fully saturated rings. The molecule has 2 aromatic carbocycles. The predicted octanol–water partition coefficient (Wildman–Crippen LogP) is 4.25. The third kappa shape index (κ3) is 4.08. The molecule has 0 spiro atoms. The molecule has 4 aromatic rings. The number of oxime groups is 1. The first kappa shape index (κ1) is 21.9. The minimum atomic E-state index is -0.319. The molecule has 7 nitrogen and oxygen atoms in total. The average Bonchev–Trinajstić information content (AvgIpc) is 2.82. The lowest BCUT2D eigenvalue weighted by Gasteiger charge is -2.42. The molecule has 1 N–H and O–H groups in total. The molecule has 2 aromatic heterocycles. The van der Waals surface area contributed by atoms with Crippen LogP contribution in [0.3, 0.4) is 0 Å². The van der Waals surface area contributed by atoms with Crippen LogP contribution in [0.2, 0.25) is 0 Å². The molecule has 1 saturated heterocycles. The Morgan fingerprint density at radius 3 is 2.62 bits per heavy atom. The van der Waals surface area contributed by atoms with E-state index in [-0.39, 0.29) is 11.2 Å². The van der Waals surface area contributed by atoms with E-state index in [1.165, 1.54) is 13.2 Å². The summed E-state index contributed by atoms with van der Waals surface area (Å²) >= 11 is 0. The highest BCUT2D eigenvalue weighted by atomic mass is 19.1. The fourth-order valence-corrected chi connectivity index (χ4v) is 4.22. The predicted molar refractivity (Wildman–Crippen MR) is 129 cm³/mol. The summed E-state index contributed by atoms with van der Waals surface area (Å²) in [4.78, 5) is 9.41. The van der Waals surface area contributed by atoms with Gasteiger partial charge in [-0.05, 0) is 36.8 Å². The van der Waals surface area contributed by atoms with Crippen molar-refractivity contribution in [2.45, 2.75) is 12.3 Å². The normalized spacial score (nSPS) is 15.1. The Bertz CT molecular complexity index is 1370. The van der Waals surface area contributed by atoms with E-state index in [9.17, 15) is 4.39 Å². The number of pyridine rings is 1. The van der Waals surface area contributed by atoms with Crippen LogP contribution in [-0.4, -0.2) is 47.8 Å². The van der Waals surface area contributed by atoms with E-state index in [2.05, 4.69) is 25.7 Å². The topological polar surface area (TPSA) is 81.5 Å². The second-order valence-electron chi connectivity index (χ2n) is 8.39. The summed E-state index contributed by atoms with van der Waals surface area (Å²) in [6.45, 7) is 3.48. The fraction of sp³-hybridized carbons (Fsp3) is 0.231. The second kappa shape index (κ2) is 9.15. The summed E-state index contributed by atoms with van der Waals surface area (Å²) in [6, 6.07) is 18.4. The first-order valence-corrected chi connectivity index (χ1v) is 11.0. The highest BCUT2D eigenvalue weighted by molar-refractivity contribution is 6.18. The van der Waals surface area contributed by atoms with Crippen LogP contribution in [0.25, 0.3) is 10.8 Å². The van der Waals surface area contributed by atoms with E-state index < -0.39 is 0 Å². The smallest absolute Gasteiger partial charge is 0.156 e. The molecule has 0 amide bonds. The van der Waals surface area contributed by atoms with Gasteiger partial charge >= 0.3 is 0 Å². The van der Waals surface area contributed by atoms with Crippen molar-refractivity contribution in [1.29, 1.82) is 0 Å². The van der Waals surface area contributed by atoms with Crippen molar-refractivity contribution in [3.05, 3.63) is 95.2 Å². The van der Waals surface area contributed by atoms with Crippen LogP contribution in [0.4, 0.5) is 10.2 Å².